The van der Waals surface area contributed by atoms with E-state index >= 15 is 0 Å². The molecule has 0 aliphatic heterocycles. The number of hydrogen-bond donors (Lipinski definition) is 2. The smallest absolute Gasteiger partial charge is 0.382 e. The number of para-hydroxylation sites is 1. The molecule has 1 atom stereocenters. The predicted molar refractivity (Wildman–Crippen MR) is 165 cm³/mol. The Hall–Kier alpha value is -3.47. The molecule has 0 fully saturated rings. The van der Waals surface area contributed by atoms with E-state index in [-0.39, 0.29) is 22.6 Å². The third kappa shape index (κ3) is 7.20. The lowest BCUT2D eigenvalue weighted by Gasteiger charge is -2.24. The highest BCUT2D eigenvalue weighted by atomic mass is 35.5. The summed E-state index contributed by atoms with van der Waals surface area (Å²) in [6, 6.07) is 14.3. The number of pyridine rings is 1. The largest absolute Gasteiger partial charge is 0.416 e. The minimum Gasteiger partial charge on any atom is -0.382 e. The van der Waals surface area contributed by atoms with Crippen LogP contribution in [0.2, 0.25) is 5.02 Å². The van der Waals surface area contributed by atoms with Crippen LogP contribution in [0.5, 0.6) is 0 Å². The average molecular weight is 632 g/mol. The molecular formula is C32H33ClF3N3O3S. The monoisotopic (exact) mass is 631 g/mol. The summed E-state index contributed by atoms with van der Waals surface area (Å²) in [5.41, 5.74) is 4.04. The molecule has 2 aromatic carbocycles. The highest BCUT2D eigenvalue weighted by molar-refractivity contribution is 7.13. The summed E-state index contributed by atoms with van der Waals surface area (Å²) in [4.78, 5) is 32.8. The number of carbonyl (C=O) groups excluding carboxylic acids is 1. The third-order valence-corrected chi connectivity index (χ3v) is 8.17. The summed E-state index contributed by atoms with van der Waals surface area (Å²) < 4.78 is 40.7. The summed E-state index contributed by atoms with van der Waals surface area (Å²) in [6.07, 6.45) is -6.11. The van der Waals surface area contributed by atoms with Crippen molar-refractivity contribution in [1.82, 2.24) is 14.9 Å². The van der Waals surface area contributed by atoms with E-state index in [4.69, 9.17) is 16.6 Å². The number of nitrogens with one attached hydrogen (secondary N) is 1. The molecule has 0 bridgehead atoms. The number of hydrogen-bond acceptors (Lipinski definition) is 5. The third-order valence-electron chi connectivity index (χ3n) is 7.05. The van der Waals surface area contributed by atoms with E-state index in [2.05, 4.69) is 5.32 Å². The molecule has 0 spiro atoms. The number of halogens is 4. The lowest BCUT2D eigenvalue weighted by Crippen LogP contribution is -2.41. The Morgan fingerprint density at radius 2 is 1.72 bits per heavy atom. The summed E-state index contributed by atoms with van der Waals surface area (Å²) in [6.45, 7) is 6.79. The Kier molecular flexibility index (Phi) is 10.1. The van der Waals surface area contributed by atoms with Gasteiger partial charge in [0.25, 0.3) is 11.5 Å². The van der Waals surface area contributed by atoms with Gasteiger partial charge in [0.1, 0.15) is 5.01 Å². The number of aryl methyl sites for hydroxylation is 2. The molecule has 1 amide bonds. The summed E-state index contributed by atoms with van der Waals surface area (Å²) >= 11 is 7.26. The van der Waals surface area contributed by atoms with Crippen LogP contribution in [0.4, 0.5) is 13.2 Å². The van der Waals surface area contributed by atoms with Gasteiger partial charge in [0, 0.05) is 21.7 Å². The molecule has 43 heavy (non-hydrogen) atoms. The molecule has 2 aromatic heterocycles. The molecule has 0 aliphatic rings. The fourth-order valence-corrected chi connectivity index (χ4v) is 5.84. The maximum Gasteiger partial charge on any atom is 0.416 e. The van der Waals surface area contributed by atoms with Crippen molar-refractivity contribution in [3.8, 4) is 27.5 Å². The quantitative estimate of drug-likeness (QED) is 0.193. The van der Waals surface area contributed by atoms with E-state index in [1.807, 2.05) is 45.9 Å². The van der Waals surface area contributed by atoms with Crippen LogP contribution in [0.25, 0.3) is 27.5 Å². The lowest BCUT2D eigenvalue weighted by atomic mass is 9.97. The molecular weight excluding hydrogens is 599 g/mol. The van der Waals surface area contributed by atoms with Crippen molar-refractivity contribution in [2.24, 2.45) is 5.92 Å². The molecule has 0 aliphatic carbocycles. The van der Waals surface area contributed by atoms with Gasteiger partial charge in [-0.05, 0) is 54.5 Å². The van der Waals surface area contributed by atoms with Crippen molar-refractivity contribution < 1.29 is 23.1 Å². The molecule has 0 radical (unpaired) electrons. The molecule has 0 saturated carbocycles. The number of nitrogens with zero attached hydrogens (tertiary/aromatic N) is 2. The van der Waals surface area contributed by atoms with Crippen LogP contribution < -0.4 is 10.9 Å². The number of benzene rings is 2. The highest BCUT2D eigenvalue weighted by Gasteiger charge is 2.38. The van der Waals surface area contributed by atoms with Crippen molar-refractivity contribution in [3.63, 3.8) is 0 Å². The maximum atomic E-state index is 14.5. The Morgan fingerprint density at radius 3 is 2.28 bits per heavy atom. The van der Waals surface area contributed by atoms with Gasteiger partial charge < -0.3 is 10.4 Å². The number of carbonyl (C=O) groups is 1. The van der Waals surface area contributed by atoms with Crippen LogP contribution >= 0.6 is 22.9 Å². The van der Waals surface area contributed by atoms with E-state index in [0.29, 0.717) is 46.4 Å². The first-order valence-corrected chi connectivity index (χ1v) is 15.3. The number of aromatic nitrogens is 2. The first-order chi connectivity index (χ1) is 20.3. The van der Waals surface area contributed by atoms with Gasteiger partial charge in [0.2, 0.25) is 0 Å². The van der Waals surface area contributed by atoms with Crippen LogP contribution in [0.3, 0.4) is 0 Å². The van der Waals surface area contributed by atoms with E-state index < -0.39 is 24.7 Å². The number of aliphatic hydroxyl groups is 1. The second-order valence-electron chi connectivity index (χ2n) is 10.6. The van der Waals surface area contributed by atoms with Gasteiger partial charge >= 0.3 is 6.18 Å². The van der Waals surface area contributed by atoms with Crippen molar-refractivity contribution in [2.75, 3.05) is 6.54 Å². The fraction of sp³-hybridized carbons (Fsp3) is 0.344. The SMILES string of the molecule is CCc1cccc(CC)c1-n1c(CC(C)C)c(C(=O)NCC(O)C(F)(F)F)cc(-c2nc(-c3ccc(Cl)cc3)cs2)c1=O. The molecule has 6 nitrogen and oxygen atoms in total. The second kappa shape index (κ2) is 13.4. The normalized spacial score (nSPS) is 12.5. The molecule has 228 valence electrons. The molecule has 2 N–H and O–H groups in total. The van der Waals surface area contributed by atoms with Crippen molar-refractivity contribution >= 4 is 28.8 Å². The van der Waals surface area contributed by atoms with E-state index in [1.54, 1.807) is 34.2 Å². The number of amides is 1. The van der Waals surface area contributed by atoms with Gasteiger partial charge in [-0.15, -0.1) is 11.3 Å². The van der Waals surface area contributed by atoms with Gasteiger partial charge in [0.15, 0.2) is 6.10 Å². The van der Waals surface area contributed by atoms with Crippen LogP contribution in [0, 0.1) is 5.92 Å². The first kappa shape index (κ1) is 32.4. The van der Waals surface area contributed by atoms with Gasteiger partial charge in [-0.3, -0.25) is 14.2 Å². The summed E-state index contributed by atoms with van der Waals surface area (Å²) in [5, 5.41) is 14.5. The zero-order chi connectivity index (χ0) is 31.5. The summed E-state index contributed by atoms with van der Waals surface area (Å²) in [5.74, 6) is -0.825. The Bertz CT molecular complexity index is 1640. The van der Waals surface area contributed by atoms with Gasteiger partial charge in [-0.2, -0.15) is 13.2 Å². The summed E-state index contributed by atoms with van der Waals surface area (Å²) in [7, 11) is 0. The Labute approximate surface area is 257 Å². The second-order valence-corrected chi connectivity index (χ2v) is 11.9. The molecule has 1 unspecified atom stereocenters. The number of rotatable bonds is 10. The zero-order valence-corrected chi connectivity index (χ0v) is 25.8. The van der Waals surface area contributed by atoms with Gasteiger partial charge in [-0.1, -0.05) is 69.6 Å². The molecule has 4 aromatic rings. The van der Waals surface area contributed by atoms with Crippen molar-refractivity contribution in [2.45, 2.75) is 59.2 Å². The fourth-order valence-electron chi connectivity index (χ4n) is 4.88. The standard InChI is InChI=1S/C32H33ClF3N3O3S/c1-5-19-8-7-9-20(6-2)28(19)39-26(14-18(3)4)23(29(41)37-16-27(40)32(34,35)36)15-24(31(39)42)30-38-25(17-43-30)21-10-12-22(33)13-11-21/h7-13,15,17-18,27,40H,5-6,14,16H2,1-4H3,(H,37,41). The first-order valence-electron chi connectivity index (χ1n) is 14.0. The maximum absolute atomic E-state index is 14.5. The Balaban J connectivity index is 2.00. The van der Waals surface area contributed by atoms with Gasteiger partial charge in [-0.25, -0.2) is 4.98 Å². The van der Waals surface area contributed by atoms with Crippen molar-refractivity contribution in [3.05, 3.63) is 91.7 Å². The minimum atomic E-state index is -4.90. The topological polar surface area (TPSA) is 84.2 Å². The molecule has 0 saturated heterocycles. The lowest BCUT2D eigenvalue weighted by molar-refractivity contribution is -0.201. The zero-order valence-electron chi connectivity index (χ0n) is 24.3. The Morgan fingerprint density at radius 1 is 1.09 bits per heavy atom. The van der Waals surface area contributed by atoms with E-state index in [0.717, 1.165) is 16.7 Å². The highest BCUT2D eigenvalue weighted by Crippen LogP contribution is 2.32. The predicted octanol–water partition coefficient (Wildman–Crippen LogP) is 7.26. The van der Waals surface area contributed by atoms with Crippen LogP contribution in [-0.4, -0.2) is 39.4 Å². The van der Waals surface area contributed by atoms with Crippen LogP contribution in [0.15, 0.2) is 58.7 Å². The van der Waals surface area contributed by atoms with Crippen LogP contribution in [-0.2, 0) is 19.3 Å². The number of alkyl halides is 3. The van der Waals surface area contributed by atoms with Gasteiger partial charge in [0.05, 0.1) is 29.1 Å². The van der Waals surface area contributed by atoms with E-state index in [1.165, 1.54) is 17.4 Å². The van der Waals surface area contributed by atoms with E-state index in [9.17, 15) is 27.9 Å². The minimum absolute atomic E-state index is 0.000879. The average Bonchev–Trinajstić information content (AvgIpc) is 3.45. The van der Waals surface area contributed by atoms with Crippen molar-refractivity contribution in [1.29, 1.82) is 0 Å². The van der Waals surface area contributed by atoms with Crippen LogP contribution in [0.1, 0.15) is 54.9 Å². The number of thiazole rings is 1. The molecule has 4 rings (SSSR count). The number of aliphatic hydroxyl groups excluding tert-OH is 1. The molecule has 2 heterocycles. The molecule has 11 heteroatoms.